The Labute approximate surface area is 178 Å². The lowest BCUT2D eigenvalue weighted by Gasteiger charge is -2.29. The molecule has 1 aromatic heterocycles. The van der Waals surface area contributed by atoms with Gasteiger partial charge in [0.15, 0.2) is 5.57 Å². The van der Waals surface area contributed by atoms with Crippen LogP contribution in [0.5, 0.6) is 0 Å². The summed E-state index contributed by atoms with van der Waals surface area (Å²) in [6.45, 7) is 3.79. The number of rotatable bonds is 5. The van der Waals surface area contributed by atoms with Crippen LogP contribution in [0.4, 0.5) is 5.69 Å². The predicted octanol–water partition coefficient (Wildman–Crippen LogP) is 4.06. The van der Waals surface area contributed by atoms with Gasteiger partial charge in [-0.15, -0.1) is 0 Å². The first-order valence-corrected chi connectivity index (χ1v) is 9.81. The maximum atomic E-state index is 12.0. The summed E-state index contributed by atoms with van der Waals surface area (Å²) in [5, 5.41) is 3.66. The van der Waals surface area contributed by atoms with Crippen molar-refractivity contribution in [3.05, 3.63) is 71.2 Å². The van der Waals surface area contributed by atoms with Crippen molar-refractivity contribution >= 4 is 40.3 Å². The number of nitrogens with zero attached hydrogens (tertiary/aromatic N) is 2. The summed E-state index contributed by atoms with van der Waals surface area (Å²) in [5.41, 5.74) is 3.47. The Kier molecular flexibility index (Phi) is 5.22. The molecule has 0 bridgehead atoms. The Morgan fingerprint density at radius 3 is 2.50 bits per heavy atom. The van der Waals surface area contributed by atoms with E-state index >= 15 is 0 Å². The highest BCUT2D eigenvalue weighted by atomic mass is 35.5. The van der Waals surface area contributed by atoms with Gasteiger partial charge in [-0.05, 0) is 42.3 Å². The van der Waals surface area contributed by atoms with Gasteiger partial charge in [0.25, 0.3) is 5.79 Å². The van der Waals surface area contributed by atoms with Gasteiger partial charge in [-0.2, -0.15) is 0 Å². The molecule has 0 atom stereocenters. The average molecular weight is 426 g/mol. The fraction of sp³-hybridized carbons (Fsp3) is 0.227. The molecule has 154 valence electrons. The van der Waals surface area contributed by atoms with Crippen LogP contribution in [0.15, 0.2) is 60.6 Å². The van der Waals surface area contributed by atoms with E-state index in [2.05, 4.69) is 14.9 Å². The fourth-order valence-corrected chi connectivity index (χ4v) is 3.29. The Bertz CT molecular complexity index is 1130. The molecule has 2 aromatic carbocycles. The third-order valence-corrected chi connectivity index (χ3v) is 4.93. The van der Waals surface area contributed by atoms with Gasteiger partial charge < -0.3 is 19.4 Å². The minimum atomic E-state index is -1.26. The third kappa shape index (κ3) is 4.31. The molecule has 1 aliphatic rings. The molecular weight excluding hydrogens is 406 g/mol. The first kappa shape index (κ1) is 20.0. The third-order valence-electron chi connectivity index (χ3n) is 4.68. The van der Waals surface area contributed by atoms with E-state index in [4.69, 9.17) is 21.1 Å². The van der Waals surface area contributed by atoms with Crippen molar-refractivity contribution in [2.45, 2.75) is 32.6 Å². The van der Waals surface area contributed by atoms with Crippen molar-refractivity contribution < 1.29 is 19.1 Å². The molecule has 0 aliphatic carbocycles. The molecule has 0 saturated carbocycles. The Hall–Kier alpha value is -3.32. The van der Waals surface area contributed by atoms with Gasteiger partial charge in [0, 0.05) is 37.3 Å². The van der Waals surface area contributed by atoms with E-state index in [0.29, 0.717) is 5.69 Å². The maximum Gasteiger partial charge on any atom is 0.350 e. The van der Waals surface area contributed by atoms with E-state index in [9.17, 15) is 9.59 Å². The second-order valence-electron chi connectivity index (χ2n) is 7.40. The van der Waals surface area contributed by atoms with Crippen LogP contribution in [0.25, 0.3) is 11.0 Å². The van der Waals surface area contributed by atoms with E-state index < -0.39 is 17.7 Å². The standard InChI is InChI=1S/C22H20ClN3O4/c1-22(2)29-20(27)17(21(28)30-22)12-24-16-7-8-19-18(11-16)25-13-26(19)10-9-14-3-5-15(23)6-4-14/h3-8,11-13,24H,9-10H2,1-2H3. The molecule has 1 fully saturated rings. The number of carbonyl (C=O) groups is 2. The van der Waals surface area contributed by atoms with Gasteiger partial charge in [0.05, 0.1) is 17.4 Å². The molecule has 0 spiro atoms. The Balaban J connectivity index is 1.46. The zero-order valence-electron chi connectivity index (χ0n) is 16.5. The summed E-state index contributed by atoms with van der Waals surface area (Å²) in [7, 11) is 0. The van der Waals surface area contributed by atoms with Crippen LogP contribution in [-0.4, -0.2) is 27.3 Å². The first-order chi connectivity index (χ1) is 14.3. The van der Waals surface area contributed by atoms with Crippen LogP contribution in [-0.2, 0) is 32.0 Å². The number of anilines is 1. The number of aryl methyl sites for hydroxylation is 2. The van der Waals surface area contributed by atoms with Crippen molar-refractivity contribution in [3.63, 3.8) is 0 Å². The number of aromatic nitrogens is 2. The van der Waals surface area contributed by atoms with Crippen molar-refractivity contribution in [1.29, 1.82) is 0 Å². The zero-order valence-corrected chi connectivity index (χ0v) is 17.3. The molecule has 0 radical (unpaired) electrons. The normalized spacial score (nSPS) is 15.6. The van der Waals surface area contributed by atoms with Crippen LogP contribution in [0.2, 0.25) is 5.02 Å². The second kappa shape index (κ2) is 7.84. The quantitative estimate of drug-likeness (QED) is 0.377. The highest BCUT2D eigenvalue weighted by Crippen LogP contribution is 2.24. The molecule has 1 N–H and O–H groups in total. The number of esters is 2. The second-order valence-corrected chi connectivity index (χ2v) is 7.84. The van der Waals surface area contributed by atoms with E-state index in [1.807, 2.05) is 42.5 Å². The van der Waals surface area contributed by atoms with Crippen LogP contribution in [0, 0.1) is 0 Å². The van der Waals surface area contributed by atoms with Gasteiger partial charge in [0.2, 0.25) is 0 Å². The number of hydrogen-bond donors (Lipinski definition) is 1. The van der Waals surface area contributed by atoms with Gasteiger partial charge >= 0.3 is 11.9 Å². The van der Waals surface area contributed by atoms with Crippen LogP contribution >= 0.6 is 11.6 Å². The minimum Gasteiger partial charge on any atom is -0.419 e. The first-order valence-electron chi connectivity index (χ1n) is 9.43. The largest absolute Gasteiger partial charge is 0.419 e. The average Bonchev–Trinajstić information content (AvgIpc) is 3.08. The molecule has 1 saturated heterocycles. The van der Waals surface area contributed by atoms with E-state index in [-0.39, 0.29) is 5.57 Å². The zero-order chi connectivity index (χ0) is 21.3. The number of ether oxygens (including phenoxy) is 2. The highest BCUT2D eigenvalue weighted by Gasteiger charge is 2.38. The lowest BCUT2D eigenvalue weighted by Crippen LogP contribution is -2.42. The maximum absolute atomic E-state index is 12.0. The van der Waals surface area contributed by atoms with Crippen LogP contribution in [0.3, 0.4) is 0 Å². The van der Waals surface area contributed by atoms with Gasteiger partial charge in [-0.25, -0.2) is 14.6 Å². The summed E-state index contributed by atoms with van der Waals surface area (Å²) < 4.78 is 12.2. The number of halogens is 1. The monoisotopic (exact) mass is 425 g/mol. The van der Waals surface area contributed by atoms with Gasteiger partial charge in [-0.3, -0.25) is 0 Å². The smallest absolute Gasteiger partial charge is 0.350 e. The Morgan fingerprint density at radius 2 is 1.80 bits per heavy atom. The fourth-order valence-electron chi connectivity index (χ4n) is 3.17. The Morgan fingerprint density at radius 1 is 1.10 bits per heavy atom. The van der Waals surface area contributed by atoms with E-state index in [0.717, 1.165) is 29.0 Å². The predicted molar refractivity (Wildman–Crippen MR) is 113 cm³/mol. The number of carbonyl (C=O) groups excluding carboxylic acids is 2. The minimum absolute atomic E-state index is 0.192. The molecule has 3 aromatic rings. The molecule has 4 rings (SSSR count). The molecule has 0 unspecified atom stereocenters. The van der Waals surface area contributed by atoms with Crippen LogP contribution < -0.4 is 5.32 Å². The summed E-state index contributed by atoms with van der Waals surface area (Å²) >= 11 is 5.93. The molecule has 1 aliphatic heterocycles. The molecule has 30 heavy (non-hydrogen) atoms. The molecule has 7 nitrogen and oxygen atoms in total. The number of imidazole rings is 1. The van der Waals surface area contributed by atoms with E-state index in [1.165, 1.54) is 25.6 Å². The van der Waals surface area contributed by atoms with Gasteiger partial charge in [-0.1, -0.05) is 23.7 Å². The van der Waals surface area contributed by atoms with E-state index in [1.54, 1.807) is 6.33 Å². The van der Waals surface area contributed by atoms with Crippen molar-refractivity contribution in [2.75, 3.05) is 5.32 Å². The SMILES string of the molecule is CC1(C)OC(=O)C(=CNc2ccc3c(c2)ncn3CCc2ccc(Cl)cc2)C(=O)O1. The topological polar surface area (TPSA) is 82.5 Å². The summed E-state index contributed by atoms with van der Waals surface area (Å²) in [5.74, 6) is -2.71. The number of hydrogen-bond acceptors (Lipinski definition) is 6. The van der Waals surface area contributed by atoms with Gasteiger partial charge in [0.1, 0.15) is 0 Å². The molecule has 2 heterocycles. The number of cyclic esters (lactones) is 2. The summed E-state index contributed by atoms with van der Waals surface area (Å²) in [6.07, 6.45) is 3.94. The molecule has 0 amide bonds. The molecule has 8 heteroatoms. The van der Waals surface area contributed by atoms with Crippen molar-refractivity contribution in [2.24, 2.45) is 0 Å². The molecular formula is C22H20ClN3O4. The summed E-state index contributed by atoms with van der Waals surface area (Å²) in [4.78, 5) is 28.5. The summed E-state index contributed by atoms with van der Waals surface area (Å²) in [6, 6.07) is 13.4. The number of benzene rings is 2. The lowest BCUT2D eigenvalue weighted by atomic mass is 10.1. The highest BCUT2D eigenvalue weighted by molar-refractivity contribution is 6.30. The lowest BCUT2D eigenvalue weighted by molar-refractivity contribution is -0.222. The van der Waals surface area contributed by atoms with Crippen molar-refractivity contribution in [3.8, 4) is 0 Å². The van der Waals surface area contributed by atoms with Crippen molar-refractivity contribution in [1.82, 2.24) is 9.55 Å². The number of fused-ring (bicyclic) bond motifs is 1. The van der Waals surface area contributed by atoms with Crippen LogP contribution in [0.1, 0.15) is 19.4 Å². The number of nitrogens with one attached hydrogen (secondary N) is 1.